The van der Waals surface area contributed by atoms with Gasteiger partial charge in [0.2, 0.25) is 0 Å². The van der Waals surface area contributed by atoms with Gasteiger partial charge in [-0.3, -0.25) is 0 Å². The van der Waals surface area contributed by atoms with Gasteiger partial charge in [-0.25, -0.2) is 4.79 Å². The first-order valence-corrected chi connectivity index (χ1v) is 5.94. The molecule has 0 saturated heterocycles. The maximum absolute atomic E-state index is 10.8. The molecule has 2 N–H and O–H groups in total. The third-order valence-electron chi connectivity index (χ3n) is 2.51. The summed E-state index contributed by atoms with van der Waals surface area (Å²) in [6.45, 7) is 8.20. The number of H-pyrrole nitrogens is 1. The van der Waals surface area contributed by atoms with E-state index in [9.17, 15) is 4.79 Å². The van der Waals surface area contributed by atoms with E-state index in [1.54, 1.807) is 12.1 Å². The van der Waals surface area contributed by atoms with Crippen molar-refractivity contribution in [3.05, 3.63) is 35.5 Å². The number of carboxylic acids is 1. The number of aromatic nitrogens is 1. The number of carbonyl (C=O) groups is 1. The maximum atomic E-state index is 10.8. The average Bonchev–Trinajstić information content (AvgIpc) is 2.74. The Morgan fingerprint density at radius 3 is 2.41 bits per heavy atom. The molecule has 0 atom stereocenters. The van der Waals surface area contributed by atoms with Crippen molar-refractivity contribution >= 4 is 16.9 Å². The second-order valence-electron chi connectivity index (χ2n) is 3.99. The molecule has 2 aromatic rings. The van der Waals surface area contributed by atoms with Gasteiger partial charge >= 0.3 is 5.97 Å². The Bertz CT molecular complexity index is 512. The summed E-state index contributed by atoms with van der Waals surface area (Å²) >= 11 is 0. The highest BCUT2D eigenvalue weighted by molar-refractivity contribution is 5.93. The Balaban J connectivity index is 0.000000686. The number of aromatic carboxylic acids is 1. The van der Waals surface area contributed by atoms with Crippen LogP contribution in [0.15, 0.2) is 24.3 Å². The number of carboxylic acid groups (broad SMARTS) is 1. The molecule has 0 bridgehead atoms. The molecule has 0 amide bonds. The summed E-state index contributed by atoms with van der Waals surface area (Å²) in [5.41, 5.74) is 2.34. The van der Waals surface area contributed by atoms with Crippen LogP contribution >= 0.6 is 0 Å². The highest BCUT2D eigenvalue weighted by Gasteiger charge is 2.07. The number of benzene rings is 1. The van der Waals surface area contributed by atoms with E-state index < -0.39 is 5.97 Å². The monoisotopic (exact) mass is 233 g/mol. The smallest absolute Gasteiger partial charge is 0.335 e. The maximum Gasteiger partial charge on any atom is 0.335 e. The van der Waals surface area contributed by atoms with Gasteiger partial charge in [0.05, 0.1) is 5.56 Å². The highest BCUT2D eigenvalue weighted by Crippen LogP contribution is 2.21. The summed E-state index contributed by atoms with van der Waals surface area (Å²) in [5.74, 6) is -0.469. The lowest BCUT2D eigenvalue weighted by molar-refractivity contribution is 0.0697. The minimum atomic E-state index is -0.891. The zero-order valence-electron chi connectivity index (χ0n) is 10.7. The van der Waals surface area contributed by atoms with Crippen LogP contribution in [0.2, 0.25) is 0 Å². The zero-order valence-corrected chi connectivity index (χ0v) is 10.7. The van der Waals surface area contributed by atoms with E-state index in [-0.39, 0.29) is 0 Å². The lowest BCUT2D eigenvalue weighted by atomic mass is 10.1. The summed E-state index contributed by atoms with van der Waals surface area (Å²) in [5, 5.41) is 9.91. The Labute approximate surface area is 101 Å². The molecule has 0 fully saturated rings. The molecule has 0 unspecified atom stereocenters. The molecule has 2 rings (SSSR count). The van der Waals surface area contributed by atoms with Gasteiger partial charge in [0.1, 0.15) is 0 Å². The molecule has 0 saturated carbocycles. The van der Waals surface area contributed by atoms with E-state index in [1.807, 2.05) is 19.9 Å². The summed E-state index contributed by atoms with van der Waals surface area (Å²) in [4.78, 5) is 14.0. The average molecular weight is 233 g/mol. The fourth-order valence-corrected chi connectivity index (χ4v) is 1.59. The van der Waals surface area contributed by atoms with E-state index in [4.69, 9.17) is 5.11 Å². The van der Waals surface area contributed by atoms with Gasteiger partial charge in [0, 0.05) is 11.2 Å². The second kappa shape index (κ2) is 5.53. The standard InChI is InChI=1S/C12H13NO2.C2H6/c1-7(2)10-5-8-3-4-9(12(14)15)6-11(8)13-10;1-2/h3-7,13H,1-2H3,(H,14,15);1-2H3. The van der Waals surface area contributed by atoms with E-state index in [1.165, 1.54) is 0 Å². The van der Waals surface area contributed by atoms with Crippen molar-refractivity contribution in [2.45, 2.75) is 33.6 Å². The Hall–Kier alpha value is -1.77. The van der Waals surface area contributed by atoms with Crippen LogP contribution in [-0.2, 0) is 0 Å². The Kier molecular flexibility index (Phi) is 4.32. The molecule has 1 aromatic heterocycles. The molecule has 3 nitrogen and oxygen atoms in total. The second-order valence-corrected chi connectivity index (χ2v) is 3.99. The van der Waals surface area contributed by atoms with Crippen LogP contribution in [0.1, 0.15) is 49.7 Å². The number of nitrogens with one attached hydrogen (secondary N) is 1. The van der Waals surface area contributed by atoms with Gasteiger partial charge in [-0.15, -0.1) is 0 Å². The lowest BCUT2D eigenvalue weighted by Gasteiger charge is -1.98. The van der Waals surface area contributed by atoms with Crippen molar-refractivity contribution in [3.63, 3.8) is 0 Å². The molecule has 1 heterocycles. The predicted molar refractivity (Wildman–Crippen MR) is 70.7 cm³/mol. The van der Waals surface area contributed by atoms with Crippen molar-refractivity contribution in [2.24, 2.45) is 0 Å². The number of hydrogen-bond acceptors (Lipinski definition) is 1. The Morgan fingerprint density at radius 2 is 1.88 bits per heavy atom. The normalized spacial score (nSPS) is 10.2. The minimum absolute atomic E-state index is 0.319. The predicted octanol–water partition coefficient (Wildman–Crippen LogP) is 4.02. The molecule has 0 spiro atoms. The van der Waals surface area contributed by atoms with Crippen molar-refractivity contribution in [1.82, 2.24) is 4.98 Å². The molecular weight excluding hydrogens is 214 g/mol. The third-order valence-corrected chi connectivity index (χ3v) is 2.51. The molecule has 3 heteroatoms. The molecule has 17 heavy (non-hydrogen) atoms. The molecule has 92 valence electrons. The van der Waals surface area contributed by atoms with Gasteiger partial charge < -0.3 is 10.1 Å². The number of fused-ring (bicyclic) bond motifs is 1. The molecule has 0 aliphatic rings. The highest BCUT2D eigenvalue weighted by atomic mass is 16.4. The number of hydrogen-bond donors (Lipinski definition) is 2. The summed E-state index contributed by atoms with van der Waals surface area (Å²) < 4.78 is 0. The largest absolute Gasteiger partial charge is 0.478 e. The van der Waals surface area contributed by atoms with Gasteiger partial charge in [0.15, 0.2) is 0 Å². The van der Waals surface area contributed by atoms with Gasteiger partial charge in [-0.1, -0.05) is 33.8 Å². The summed E-state index contributed by atoms with van der Waals surface area (Å²) in [6.07, 6.45) is 0. The first-order chi connectivity index (χ1) is 8.08. The number of rotatable bonds is 2. The van der Waals surface area contributed by atoms with Crippen molar-refractivity contribution in [3.8, 4) is 0 Å². The fraction of sp³-hybridized carbons (Fsp3) is 0.357. The molecule has 0 aliphatic heterocycles. The molecule has 1 aromatic carbocycles. The lowest BCUT2D eigenvalue weighted by Crippen LogP contribution is -1.94. The first-order valence-electron chi connectivity index (χ1n) is 5.94. The van der Waals surface area contributed by atoms with Crippen LogP contribution in [0.4, 0.5) is 0 Å². The summed E-state index contributed by atoms with van der Waals surface area (Å²) in [6, 6.07) is 7.19. The van der Waals surface area contributed by atoms with Crippen LogP contribution in [0.25, 0.3) is 10.9 Å². The first kappa shape index (κ1) is 13.3. The summed E-state index contributed by atoms with van der Waals surface area (Å²) in [7, 11) is 0. The van der Waals surface area contributed by atoms with Crippen LogP contribution < -0.4 is 0 Å². The SMILES string of the molecule is CC.CC(C)c1cc2ccc(C(=O)O)cc2[nH]1. The molecule has 0 radical (unpaired) electrons. The molecule has 0 aliphatic carbocycles. The van der Waals surface area contributed by atoms with Gasteiger partial charge in [-0.05, 0) is 29.5 Å². The van der Waals surface area contributed by atoms with Crippen molar-refractivity contribution < 1.29 is 9.90 Å². The fourth-order valence-electron chi connectivity index (χ4n) is 1.59. The van der Waals surface area contributed by atoms with Crippen molar-refractivity contribution in [1.29, 1.82) is 0 Å². The quantitative estimate of drug-likeness (QED) is 0.823. The van der Waals surface area contributed by atoms with Crippen LogP contribution in [0, 0.1) is 0 Å². The Morgan fingerprint density at radius 1 is 1.24 bits per heavy atom. The van der Waals surface area contributed by atoms with E-state index >= 15 is 0 Å². The van der Waals surface area contributed by atoms with Crippen LogP contribution in [-0.4, -0.2) is 16.1 Å². The van der Waals surface area contributed by atoms with Gasteiger partial charge in [-0.2, -0.15) is 0 Å². The minimum Gasteiger partial charge on any atom is -0.478 e. The van der Waals surface area contributed by atoms with Crippen LogP contribution in [0.3, 0.4) is 0 Å². The zero-order chi connectivity index (χ0) is 13.0. The van der Waals surface area contributed by atoms with E-state index in [0.717, 1.165) is 16.6 Å². The van der Waals surface area contributed by atoms with Crippen molar-refractivity contribution in [2.75, 3.05) is 0 Å². The van der Waals surface area contributed by atoms with Gasteiger partial charge in [0.25, 0.3) is 0 Å². The topological polar surface area (TPSA) is 53.1 Å². The molecular formula is C14H19NO2. The third kappa shape index (κ3) is 2.87. The van der Waals surface area contributed by atoms with E-state index in [0.29, 0.717) is 11.5 Å². The van der Waals surface area contributed by atoms with Crippen LogP contribution in [0.5, 0.6) is 0 Å². The van der Waals surface area contributed by atoms with E-state index in [2.05, 4.69) is 24.9 Å². The number of aromatic amines is 1.